The van der Waals surface area contributed by atoms with E-state index in [1.165, 1.54) is 0 Å². The van der Waals surface area contributed by atoms with Crippen molar-refractivity contribution in [1.82, 2.24) is 0 Å². The first-order chi connectivity index (χ1) is 9.94. The van der Waals surface area contributed by atoms with Gasteiger partial charge in [-0.3, -0.25) is 4.72 Å². The van der Waals surface area contributed by atoms with Gasteiger partial charge in [0.2, 0.25) is 0 Å². The summed E-state index contributed by atoms with van der Waals surface area (Å²) in [7, 11) is -3.68. The summed E-state index contributed by atoms with van der Waals surface area (Å²) in [5.41, 5.74) is 1.32. The smallest absolute Gasteiger partial charge is 0.262 e. The van der Waals surface area contributed by atoms with Crippen LogP contribution in [0.2, 0.25) is 5.02 Å². The normalized spacial score (nSPS) is 11.2. The van der Waals surface area contributed by atoms with Crippen LogP contribution in [0.3, 0.4) is 0 Å². The highest BCUT2D eigenvalue weighted by atomic mass is 35.5. The SMILES string of the molecule is CCOc1c(Cl)cccc1NS(=O)(=O)c1ccc(C)cc1. The van der Waals surface area contributed by atoms with E-state index in [-0.39, 0.29) is 4.90 Å². The van der Waals surface area contributed by atoms with E-state index in [4.69, 9.17) is 16.3 Å². The van der Waals surface area contributed by atoms with Gasteiger partial charge >= 0.3 is 0 Å². The van der Waals surface area contributed by atoms with Gasteiger partial charge in [0.25, 0.3) is 10.0 Å². The standard InChI is InChI=1S/C15H16ClNO3S/c1-3-20-15-13(16)5-4-6-14(15)17-21(18,19)12-9-7-11(2)8-10-12/h4-10,17H,3H2,1-2H3. The number of aryl methyl sites for hydroxylation is 1. The topological polar surface area (TPSA) is 55.4 Å². The molecule has 0 fully saturated rings. The van der Waals surface area contributed by atoms with Crippen LogP contribution in [-0.2, 0) is 10.0 Å². The molecule has 0 aliphatic heterocycles. The van der Waals surface area contributed by atoms with Gasteiger partial charge in [0.1, 0.15) is 0 Å². The summed E-state index contributed by atoms with van der Waals surface area (Å²) in [4.78, 5) is 0.190. The number of anilines is 1. The van der Waals surface area contributed by atoms with Gasteiger partial charge in [-0.05, 0) is 38.1 Å². The number of ether oxygens (including phenoxy) is 1. The van der Waals surface area contributed by atoms with Crippen molar-refractivity contribution in [2.45, 2.75) is 18.7 Å². The lowest BCUT2D eigenvalue weighted by Gasteiger charge is -2.14. The average Bonchev–Trinajstić information content (AvgIpc) is 2.43. The van der Waals surface area contributed by atoms with Crippen molar-refractivity contribution in [3.8, 4) is 5.75 Å². The summed E-state index contributed by atoms with van der Waals surface area (Å²) >= 11 is 6.04. The molecule has 0 aliphatic rings. The van der Waals surface area contributed by atoms with E-state index in [0.717, 1.165) is 5.56 Å². The number of rotatable bonds is 5. The van der Waals surface area contributed by atoms with Crippen LogP contribution in [0.25, 0.3) is 0 Å². The van der Waals surface area contributed by atoms with E-state index in [0.29, 0.717) is 23.1 Å². The highest BCUT2D eigenvalue weighted by Crippen LogP contribution is 2.34. The van der Waals surface area contributed by atoms with E-state index in [2.05, 4.69) is 4.72 Å². The molecule has 0 saturated carbocycles. The molecule has 0 heterocycles. The van der Waals surface area contributed by atoms with E-state index >= 15 is 0 Å². The van der Waals surface area contributed by atoms with E-state index in [1.54, 1.807) is 42.5 Å². The fourth-order valence-electron chi connectivity index (χ4n) is 1.80. The predicted octanol–water partition coefficient (Wildman–Crippen LogP) is 3.85. The minimum Gasteiger partial charge on any atom is -0.490 e. The Morgan fingerprint density at radius 3 is 2.43 bits per heavy atom. The van der Waals surface area contributed by atoms with Crippen LogP contribution in [0.1, 0.15) is 12.5 Å². The molecular weight excluding hydrogens is 310 g/mol. The Kier molecular flexibility index (Phi) is 4.75. The number of hydrogen-bond donors (Lipinski definition) is 1. The molecule has 21 heavy (non-hydrogen) atoms. The molecular formula is C15H16ClNO3S. The largest absolute Gasteiger partial charge is 0.490 e. The van der Waals surface area contributed by atoms with Crippen molar-refractivity contribution in [2.24, 2.45) is 0 Å². The van der Waals surface area contributed by atoms with Crippen LogP contribution in [0.15, 0.2) is 47.4 Å². The lowest BCUT2D eigenvalue weighted by Crippen LogP contribution is -2.14. The first kappa shape index (κ1) is 15.7. The Hall–Kier alpha value is -1.72. The van der Waals surface area contributed by atoms with Crippen molar-refractivity contribution < 1.29 is 13.2 Å². The summed E-state index contributed by atoms with van der Waals surface area (Å²) in [6.07, 6.45) is 0. The number of sulfonamides is 1. The lowest BCUT2D eigenvalue weighted by molar-refractivity contribution is 0.342. The third-order valence-electron chi connectivity index (χ3n) is 2.83. The molecule has 0 aromatic heterocycles. The molecule has 4 nitrogen and oxygen atoms in total. The monoisotopic (exact) mass is 325 g/mol. The zero-order valence-electron chi connectivity index (χ0n) is 11.8. The number of para-hydroxylation sites is 1. The van der Waals surface area contributed by atoms with Crippen LogP contribution >= 0.6 is 11.6 Å². The maximum absolute atomic E-state index is 12.4. The van der Waals surface area contributed by atoms with Gasteiger partial charge in [-0.15, -0.1) is 0 Å². The predicted molar refractivity (Wildman–Crippen MR) is 84.6 cm³/mol. The van der Waals surface area contributed by atoms with Gasteiger partial charge < -0.3 is 4.74 Å². The summed E-state index contributed by atoms with van der Waals surface area (Å²) in [6, 6.07) is 11.5. The van der Waals surface area contributed by atoms with Crippen LogP contribution in [0.4, 0.5) is 5.69 Å². The minimum atomic E-state index is -3.68. The Morgan fingerprint density at radius 1 is 1.14 bits per heavy atom. The fourth-order valence-corrected chi connectivity index (χ4v) is 3.09. The average molecular weight is 326 g/mol. The lowest BCUT2D eigenvalue weighted by atomic mass is 10.2. The van der Waals surface area contributed by atoms with Gasteiger partial charge in [0.05, 0.1) is 22.2 Å². The second-order valence-corrected chi connectivity index (χ2v) is 6.56. The Balaban J connectivity index is 2.37. The molecule has 2 rings (SSSR count). The molecule has 112 valence electrons. The quantitative estimate of drug-likeness (QED) is 0.908. The first-order valence-corrected chi connectivity index (χ1v) is 8.31. The molecule has 0 saturated heterocycles. The second kappa shape index (κ2) is 6.37. The van der Waals surface area contributed by atoms with E-state index < -0.39 is 10.0 Å². The molecule has 0 spiro atoms. The van der Waals surface area contributed by atoms with Gasteiger partial charge in [-0.2, -0.15) is 0 Å². The summed E-state index contributed by atoms with van der Waals surface area (Å²) in [6.45, 7) is 4.10. The highest BCUT2D eigenvalue weighted by molar-refractivity contribution is 7.92. The molecule has 2 aromatic rings. The zero-order chi connectivity index (χ0) is 15.5. The van der Waals surface area contributed by atoms with Crippen molar-refractivity contribution in [3.63, 3.8) is 0 Å². The minimum absolute atomic E-state index is 0.190. The zero-order valence-corrected chi connectivity index (χ0v) is 13.3. The maximum atomic E-state index is 12.4. The van der Waals surface area contributed by atoms with Crippen molar-refractivity contribution in [2.75, 3.05) is 11.3 Å². The number of nitrogens with one attached hydrogen (secondary N) is 1. The van der Waals surface area contributed by atoms with Crippen LogP contribution in [0, 0.1) is 6.92 Å². The van der Waals surface area contributed by atoms with Gasteiger partial charge in [0.15, 0.2) is 5.75 Å². The molecule has 0 aliphatic carbocycles. The first-order valence-electron chi connectivity index (χ1n) is 6.45. The molecule has 0 unspecified atom stereocenters. The summed E-state index contributed by atoms with van der Waals surface area (Å²) in [5, 5.41) is 0.362. The molecule has 0 atom stereocenters. The summed E-state index contributed by atoms with van der Waals surface area (Å²) < 4.78 is 32.7. The van der Waals surface area contributed by atoms with Gasteiger partial charge in [-0.1, -0.05) is 35.4 Å². The van der Waals surface area contributed by atoms with Crippen molar-refractivity contribution >= 4 is 27.3 Å². The van der Waals surface area contributed by atoms with Crippen LogP contribution < -0.4 is 9.46 Å². The Morgan fingerprint density at radius 2 is 1.81 bits per heavy atom. The molecule has 0 amide bonds. The van der Waals surface area contributed by atoms with Crippen LogP contribution in [0.5, 0.6) is 5.75 Å². The van der Waals surface area contributed by atoms with E-state index in [1.807, 2.05) is 13.8 Å². The third-order valence-corrected chi connectivity index (χ3v) is 4.51. The number of benzene rings is 2. The van der Waals surface area contributed by atoms with E-state index in [9.17, 15) is 8.42 Å². The number of hydrogen-bond acceptors (Lipinski definition) is 3. The Bertz CT molecular complexity index is 727. The molecule has 2 aromatic carbocycles. The summed E-state index contributed by atoms with van der Waals surface area (Å²) in [5.74, 6) is 0.331. The highest BCUT2D eigenvalue weighted by Gasteiger charge is 2.17. The van der Waals surface area contributed by atoms with Crippen molar-refractivity contribution in [3.05, 3.63) is 53.1 Å². The number of halogens is 1. The second-order valence-electron chi connectivity index (χ2n) is 4.47. The van der Waals surface area contributed by atoms with Crippen LogP contribution in [-0.4, -0.2) is 15.0 Å². The Labute approximate surface area is 129 Å². The fraction of sp³-hybridized carbons (Fsp3) is 0.200. The van der Waals surface area contributed by atoms with Crippen molar-refractivity contribution in [1.29, 1.82) is 0 Å². The maximum Gasteiger partial charge on any atom is 0.262 e. The molecule has 0 radical (unpaired) electrons. The molecule has 6 heteroatoms. The third kappa shape index (κ3) is 3.68. The molecule has 0 bridgehead atoms. The van der Waals surface area contributed by atoms with Gasteiger partial charge in [0, 0.05) is 0 Å². The van der Waals surface area contributed by atoms with Gasteiger partial charge in [-0.25, -0.2) is 8.42 Å². The molecule has 1 N–H and O–H groups in total.